The van der Waals surface area contributed by atoms with Crippen LogP contribution in [0.25, 0.3) is 17.0 Å². The van der Waals surface area contributed by atoms with Gasteiger partial charge in [0.1, 0.15) is 12.1 Å². The summed E-state index contributed by atoms with van der Waals surface area (Å²) in [5.41, 5.74) is 1.04. The Labute approximate surface area is 191 Å². The number of rotatable bonds is 4. The number of imide groups is 2. The van der Waals surface area contributed by atoms with Crippen LogP contribution in [0.2, 0.25) is 10.0 Å². The maximum atomic E-state index is 13.2. The van der Waals surface area contributed by atoms with Gasteiger partial charge in [-0.3, -0.25) is 19.7 Å². The second-order valence-electron chi connectivity index (χ2n) is 6.86. The Kier molecular flexibility index (Phi) is 5.73. The number of carbonyl (C=O) groups excluding carboxylic acids is 4. The minimum atomic E-state index is -0.922. The maximum absolute atomic E-state index is 13.2. The number of aromatic nitrogens is 1. The molecule has 1 aromatic heterocycles. The van der Waals surface area contributed by atoms with Gasteiger partial charge in [-0.05, 0) is 30.3 Å². The third-order valence-electron chi connectivity index (χ3n) is 4.90. The predicted molar refractivity (Wildman–Crippen MR) is 119 cm³/mol. The Morgan fingerprint density at radius 2 is 1.88 bits per heavy atom. The van der Waals surface area contributed by atoms with Gasteiger partial charge in [-0.2, -0.15) is 0 Å². The zero-order chi connectivity index (χ0) is 23.0. The normalized spacial score (nSPS) is 15.4. The zero-order valence-electron chi connectivity index (χ0n) is 16.6. The summed E-state index contributed by atoms with van der Waals surface area (Å²) in [6.45, 7) is -0.0503. The molecule has 4 rings (SSSR count). The molecule has 0 atom stereocenters. The molecule has 3 aromatic rings. The number of fused-ring (bicyclic) bond motifs is 1. The first-order valence-electron chi connectivity index (χ1n) is 9.31. The number of amides is 4. The van der Waals surface area contributed by atoms with Gasteiger partial charge in [0.15, 0.2) is 0 Å². The smallest absolute Gasteiger partial charge is 0.335 e. The van der Waals surface area contributed by atoms with Crippen molar-refractivity contribution < 1.29 is 23.9 Å². The van der Waals surface area contributed by atoms with Gasteiger partial charge in [0.2, 0.25) is 0 Å². The minimum Gasteiger partial charge on any atom is -0.468 e. The Hall–Kier alpha value is -3.62. The Balaban J connectivity index is 1.80. The van der Waals surface area contributed by atoms with Crippen LogP contribution in [-0.4, -0.2) is 35.5 Å². The van der Waals surface area contributed by atoms with Crippen molar-refractivity contribution >= 4 is 69.7 Å². The molecular weight excluding hydrogens is 457 g/mol. The van der Waals surface area contributed by atoms with Crippen LogP contribution in [0.3, 0.4) is 0 Å². The number of para-hydroxylation sites is 1. The molecule has 0 radical (unpaired) electrons. The van der Waals surface area contributed by atoms with Crippen molar-refractivity contribution in [2.45, 2.75) is 6.54 Å². The van der Waals surface area contributed by atoms with E-state index >= 15 is 0 Å². The molecule has 0 bridgehead atoms. The van der Waals surface area contributed by atoms with E-state index < -0.39 is 23.8 Å². The standard InChI is InChI=1S/C22H15Cl2N3O5/c1-32-19(28)11-26-10-12(14-4-2-3-5-17(14)26)8-15-20(29)25-22(31)27(21(15)30)18-7-6-13(23)9-16(18)24/h2-10H,11H2,1H3,(H,25,29,31)/b15-8+. The zero-order valence-corrected chi connectivity index (χ0v) is 18.1. The molecule has 0 unspecified atom stereocenters. The fraction of sp³-hybridized carbons (Fsp3) is 0.0909. The Morgan fingerprint density at radius 1 is 1.12 bits per heavy atom. The third-order valence-corrected chi connectivity index (χ3v) is 5.44. The number of benzene rings is 2. The highest BCUT2D eigenvalue weighted by Crippen LogP contribution is 2.32. The van der Waals surface area contributed by atoms with Gasteiger partial charge in [-0.15, -0.1) is 0 Å². The van der Waals surface area contributed by atoms with Crippen molar-refractivity contribution in [3.63, 3.8) is 0 Å². The summed E-state index contributed by atoms with van der Waals surface area (Å²) >= 11 is 12.1. The number of hydrogen-bond donors (Lipinski definition) is 1. The van der Waals surface area contributed by atoms with E-state index in [-0.39, 0.29) is 22.8 Å². The topological polar surface area (TPSA) is 97.7 Å². The molecule has 162 valence electrons. The van der Waals surface area contributed by atoms with Gasteiger partial charge in [0.05, 0.1) is 17.8 Å². The fourth-order valence-corrected chi connectivity index (χ4v) is 3.91. The van der Waals surface area contributed by atoms with Gasteiger partial charge in [-0.1, -0.05) is 41.4 Å². The van der Waals surface area contributed by atoms with E-state index in [0.29, 0.717) is 21.5 Å². The molecule has 10 heteroatoms. The molecule has 2 heterocycles. The molecule has 0 spiro atoms. The van der Waals surface area contributed by atoms with Crippen LogP contribution in [0.4, 0.5) is 10.5 Å². The average molecular weight is 472 g/mol. The lowest BCUT2D eigenvalue weighted by atomic mass is 10.1. The highest BCUT2D eigenvalue weighted by Gasteiger charge is 2.38. The second kappa shape index (κ2) is 8.49. The number of halogens is 2. The fourth-order valence-electron chi connectivity index (χ4n) is 3.42. The van der Waals surface area contributed by atoms with Crippen molar-refractivity contribution in [1.82, 2.24) is 9.88 Å². The highest BCUT2D eigenvalue weighted by atomic mass is 35.5. The summed E-state index contributed by atoms with van der Waals surface area (Å²) < 4.78 is 6.38. The lowest BCUT2D eigenvalue weighted by Gasteiger charge is -2.27. The predicted octanol–water partition coefficient (Wildman–Crippen LogP) is 3.79. The summed E-state index contributed by atoms with van der Waals surface area (Å²) in [7, 11) is 1.29. The average Bonchev–Trinajstić information content (AvgIpc) is 3.09. The first kappa shape index (κ1) is 21.6. The SMILES string of the molecule is COC(=O)Cn1cc(/C=C2\C(=O)NC(=O)N(c3ccc(Cl)cc3Cl)C2=O)c2ccccc21. The number of hydrogen-bond acceptors (Lipinski definition) is 5. The van der Waals surface area contributed by atoms with E-state index in [4.69, 9.17) is 27.9 Å². The van der Waals surface area contributed by atoms with Crippen LogP contribution in [0.1, 0.15) is 5.56 Å². The largest absolute Gasteiger partial charge is 0.468 e. The van der Waals surface area contributed by atoms with Gasteiger partial charge in [-0.25, -0.2) is 9.69 Å². The molecular formula is C22H15Cl2N3O5. The summed E-state index contributed by atoms with van der Waals surface area (Å²) in [5.74, 6) is -2.13. The molecule has 32 heavy (non-hydrogen) atoms. The van der Waals surface area contributed by atoms with Crippen molar-refractivity contribution in [3.05, 3.63) is 69.8 Å². The molecule has 2 aromatic carbocycles. The van der Waals surface area contributed by atoms with Crippen molar-refractivity contribution in [2.75, 3.05) is 12.0 Å². The molecule has 0 saturated carbocycles. The van der Waals surface area contributed by atoms with Crippen molar-refractivity contribution in [2.24, 2.45) is 0 Å². The summed E-state index contributed by atoms with van der Waals surface area (Å²) in [6.07, 6.45) is 3.00. The van der Waals surface area contributed by atoms with Crippen LogP contribution >= 0.6 is 23.2 Å². The third kappa shape index (κ3) is 3.86. The molecule has 1 saturated heterocycles. The Bertz CT molecular complexity index is 1330. The van der Waals surface area contributed by atoms with E-state index in [1.807, 2.05) is 0 Å². The summed E-state index contributed by atoms with van der Waals surface area (Å²) in [4.78, 5) is 50.7. The van der Waals surface area contributed by atoms with Crippen molar-refractivity contribution in [1.29, 1.82) is 0 Å². The van der Waals surface area contributed by atoms with E-state index in [1.54, 1.807) is 35.0 Å². The molecule has 1 aliphatic rings. The first-order valence-corrected chi connectivity index (χ1v) is 10.1. The van der Waals surface area contributed by atoms with Crippen LogP contribution in [-0.2, 0) is 25.7 Å². The lowest BCUT2D eigenvalue weighted by molar-refractivity contribution is -0.141. The van der Waals surface area contributed by atoms with Crippen molar-refractivity contribution in [3.8, 4) is 0 Å². The number of nitrogens with one attached hydrogen (secondary N) is 1. The molecule has 0 aliphatic carbocycles. The van der Waals surface area contributed by atoms with Crippen LogP contribution in [0, 0.1) is 0 Å². The van der Waals surface area contributed by atoms with Gasteiger partial charge in [0.25, 0.3) is 11.8 Å². The van der Waals surface area contributed by atoms with E-state index in [0.717, 1.165) is 4.90 Å². The highest BCUT2D eigenvalue weighted by molar-refractivity contribution is 6.42. The van der Waals surface area contributed by atoms with Gasteiger partial charge >= 0.3 is 12.0 Å². The van der Waals surface area contributed by atoms with Crippen LogP contribution in [0.15, 0.2) is 54.2 Å². The van der Waals surface area contributed by atoms with Gasteiger partial charge < -0.3 is 9.30 Å². The summed E-state index contributed by atoms with van der Waals surface area (Å²) in [5, 5.41) is 3.26. The van der Waals surface area contributed by atoms with E-state index in [9.17, 15) is 19.2 Å². The number of nitrogens with zero attached hydrogens (tertiary/aromatic N) is 2. The number of urea groups is 1. The molecule has 8 nitrogen and oxygen atoms in total. The lowest BCUT2D eigenvalue weighted by Crippen LogP contribution is -2.54. The van der Waals surface area contributed by atoms with Crippen LogP contribution in [0.5, 0.6) is 0 Å². The number of carbonyl (C=O) groups is 4. The monoisotopic (exact) mass is 471 g/mol. The van der Waals surface area contributed by atoms with Gasteiger partial charge in [0, 0.05) is 27.7 Å². The molecule has 1 fully saturated rings. The number of anilines is 1. The Morgan fingerprint density at radius 3 is 2.59 bits per heavy atom. The summed E-state index contributed by atoms with van der Waals surface area (Å²) in [6, 6.07) is 10.5. The van der Waals surface area contributed by atoms with Crippen LogP contribution < -0.4 is 10.2 Å². The van der Waals surface area contributed by atoms with E-state index in [1.165, 1.54) is 31.4 Å². The quantitative estimate of drug-likeness (QED) is 0.354. The minimum absolute atomic E-state index is 0.0503. The maximum Gasteiger partial charge on any atom is 0.335 e. The molecule has 1 N–H and O–H groups in total. The number of barbiturate groups is 1. The van der Waals surface area contributed by atoms with E-state index in [2.05, 4.69) is 5.32 Å². The number of esters is 1. The number of ether oxygens (including phenoxy) is 1. The second-order valence-corrected chi connectivity index (χ2v) is 7.70. The molecule has 1 aliphatic heterocycles. The first-order chi connectivity index (χ1) is 15.3. The molecule has 4 amide bonds. The number of methoxy groups -OCH3 is 1.